The van der Waals surface area contributed by atoms with E-state index in [2.05, 4.69) is 8.75 Å². The first kappa shape index (κ1) is 11.1. The van der Waals surface area contributed by atoms with Gasteiger partial charge in [-0.3, -0.25) is 0 Å². The molecule has 1 aliphatic carbocycles. The van der Waals surface area contributed by atoms with Gasteiger partial charge in [-0.2, -0.15) is 4.37 Å². The molecule has 0 aromatic carbocycles. The quantitative estimate of drug-likeness (QED) is 0.766. The van der Waals surface area contributed by atoms with Crippen LogP contribution < -0.4 is 4.74 Å². The van der Waals surface area contributed by atoms with Crippen molar-refractivity contribution in [2.75, 3.05) is 6.61 Å². The van der Waals surface area contributed by atoms with Crippen LogP contribution in [0.4, 0.5) is 0 Å². The second kappa shape index (κ2) is 5.66. The zero-order valence-corrected chi connectivity index (χ0v) is 10.2. The molecule has 1 heterocycles. The standard InChI is InChI=1S/C10H15ClN2OS/c11-9-10(13-15-12-9)14-7-8-5-3-1-2-4-6-8/h8H,1-7H2. The zero-order chi connectivity index (χ0) is 10.5. The molecule has 0 N–H and O–H groups in total. The molecule has 0 aliphatic heterocycles. The normalized spacial score (nSPS) is 18.7. The molecule has 3 nitrogen and oxygen atoms in total. The van der Waals surface area contributed by atoms with E-state index >= 15 is 0 Å². The molecular formula is C10H15ClN2OS. The fraction of sp³-hybridized carbons (Fsp3) is 0.800. The van der Waals surface area contributed by atoms with Crippen LogP contribution in [0.1, 0.15) is 38.5 Å². The molecule has 0 bridgehead atoms. The number of rotatable bonds is 3. The van der Waals surface area contributed by atoms with Crippen molar-refractivity contribution in [3.8, 4) is 5.88 Å². The summed E-state index contributed by atoms with van der Waals surface area (Å²) in [7, 11) is 0. The Balaban J connectivity index is 1.79. The summed E-state index contributed by atoms with van der Waals surface area (Å²) < 4.78 is 13.4. The van der Waals surface area contributed by atoms with Crippen molar-refractivity contribution < 1.29 is 4.74 Å². The van der Waals surface area contributed by atoms with Gasteiger partial charge in [-0.25, -0.2) is 0 Å². The van der Waals surface area contributed by atoms with Gasteiger partial charge in [-0.05, 0) is 18.8 Å². The molecule has 15 heavy (non-hydrogen) atoms. The number of ether oxygens (including phenoxy) is 1. The predicted molar refractivity (Wildman–Crippen MR) is 61.6 cm³/mol. The Morgan fingerprint density at radius 3 is 2.53 bits per heavy atom. The minimum atomic E-state index is 0.397. The van der Waals surface area contributed by atoms with Gasteiger partial charge in [0.15, 0.2) is 0 Å². The highest BCUT2D eigenvalue weighted by molar-refractivity contribution is 6.99. The van der Waals surface area contributed by atoms with Gasteiger partial charge in [-0.15, -0.1) is 4.37 Å². The third kappa shape index (κ3) is 3.31. The Hall–Kier alpha value is -0.350. The van der Waals surface area contributed by atoms with Crippen molar-refractivity contribution in [3.63, 3.8) is 0 Å². The molecule has 84 valence electrons. The number of hydrogen-bond donors (Lipinski definition) is 0. The van der Waals surface area contributed by atoms with Gasteiger partial charge >= 0.3 is 0 Å². The largest absolute Gasteiger partial charge is 0.475 e. The summed E-state index contributed by atoms with van der Waals surface area (Å²) in [5, 5.41) is 0.397. The van der Waals surface area contributed by atoms with E-state index in [0.717, 1.165) is 18.3 Å². The average Bonchev–Trinajstić information content (AvgIpc) is 2.53. The van der Waals surface area contributed by atoms with Crippen LogP contribution in [0.25, 0.3) is 0 Å². The lowest BCUT2D eigenvalue weighted by atomic mass is 10.0. The van der Waals surface area contributed by atoms with E-state index in [-0.39, 0.29) is 0 Å². The van der Waals surface area contributed by atoms with Crippen LogP contribution in [0.2, 0.25) is 5.15 Å². The summed E-state index contributed by atoms with van der Waals surface area (Å²) in [6.07, 6.45) is 7.95. The first-order chi connectivity index (χ1) is 7.36. The lowest BCUT2D eigenvalue weighted by Crippen LogP contribution is -2.11. The van der Waals surface area contributed by atoms with Crippen LogP contribution >= 0.6 is 23.3 Å². The monoisotopic (exact) mass is 246 g/mol. The second-order valence-corrected chi connectivity index (χ2v) is 4.92. The first-order valence-corrected chi connectivity index (χ1v) is 6.58. The highest BCUT2D eigenvalue weighted by Gasteiger charge is 2.14. The van der Waals surface area contributed by atoms with Gasteiger partial charge < -0.3 is 4.74 Å². The third-order valence-corrected chi connectivity index (χ3v) is 3.71. The minimum absolute atomic E-state index is 0.397. The van der Waals surface area contributed by atoms with E-state index in [1.807, 2.05) is 0 Å². The third-order valence-electron chi connectivity index (χ3n) is 2.85. The van der Waals surface area contributed by atoms with E-state index in [1.165, 1.54) is 38.5 Å². The van der Waals surface area contributed by atoms with E-state index in [0.29, 0.717) is 17.0 Å². The predicted octanol–water partition coefficient (Wildman–Crippen LogP) is 3.54. The van der Waals surface area contributed by atoms with Crippen molar-refractivity contribution in [1.82, 2.24) is 8.75 Å². The molecule has 1 aromatic rings. The molecule has 0 radical (unpaired) electrons. The van der Waals surface area contributed by atoms with Crippen LogP contribution in [0, 0.1) is 5.92 Å². The van der Waals surface area contributed by atoms with Crippen LogP contribution in [-0.2, 0) is 0 Å². The molecule has 1 fully saturated rings. The molecule has 0 saturated heterocycles. The molecule has 0 spiro atoms. The smallest absolute Gasteiger partial charge is 0.265 e. The maximum Gasteiger partial charge on any atom is 0.265 e. The Morgan fingerprint density at radius 1 is 1.20 bits per heavy atom. The minimum Gasteiger partial charge on any atom is -0.475 e. The van der Waals surface area contributed by atoms with Gasteiger partial charge in [-0.1, -0.05) is 37.3 Å². The maximum absolute atomic E-state index is 5.80. The molecule has 0 atom stereocenters. The first-order valence-electron chi connectivity index (χ1n) is 5.47. The highest BCUT2D eigenvalue weighted by Crippen LogP contribution is 2.25. The van der Waals surface area contributed by atoms with Gasteiger partial charge in [0.05, 0.1) is 18.3 Å². The Kier molecular flexibility index (Phi) is 4.20. The topological polar surface area (TPSA) is 35.0 Å². The maximum atomic E-state index is 5.80. The molecule has 0 unspecified atom stereocenters. The van der Waals surface area contributed by atoms with E-state index in [1.54, 1.807) is 0 Å². The second-order valence-electron chi connectivity index (χ2n) is 4.03. The zero-order valence-electron chi connectivity index (χ0n) is 8.62. The van der Waals surface area contributed by atoms with E-state index < -0.39 is 0 Å². The molecule has 0 amide bonds. The van der Waals surface area contributed by atoms with Crippen molar-refractivity contribution >= 4 is 23.3 Å². The van der Waals surface area contributed by atoms with Crippen LogP contribution in [0.15, 0.2) is 0 Å². The van der Waals surface area contributed by atoms with Crippen molar-refractivity contribution in [3.05, 3.63) is 5.15 Å². The molecule has 1 aliphatic rings. The van der Waals surface area contributed by atoms with Crippen molar-refractivity contribution in [2.24, 2.45) is 5.92 Å². The molecule has 2 rings (SSSR count). The fourth-order valence-electron chi connectivity index (χ4n) is 1.98. The molecule has 1 saturated carbocycles. The SMILES string of the molecule is Clc1nsnc1OCC1CCCCCC1. The summed E-state index contributed by atoms with van der Waals surface area (Å²) in [6, 6.07) is 0. The lowest BCUT2D eigenvalue weighted by molar-refractivity contribution is 0.228. The van der Waals surface area contributed by atoms with Gasteiger partial charge in [0.1, 0.15) is 0 Å². The highest BCUT2D eigenvalue weighted by atomic mass is 35.5. The van der Waals surface area contributed by atoms with Gasteiger partial charge in [0.25, 0.3) is 5.88 Å². The summed E-state index contributed by atoms with van der Waals surface area (Å²) in [5.41, 5.74) is 0. The van der Waals surface area contributed by atoms with Crippen LogP contribution in [-0.4, -0.2) is 15.4 Å². The average molecular weight is 247 g/mol. The van der Waals surface area contributed by atoms with Crippen LogP contribution in [0.3, 0.4) is 0 Å². The van der Waals surface area contributed by atoms with Crippen LogP contribution in [0.5, 0.6) is 5.88 Å². The van der Waals surface area contributed by atoms with E-state index in [9.17, 15) is 0 Å². The fourth-order valence-corrected chi connectivity index (χ4v) is 2.63. The Bertz CT molecular complexity index is 297. The summed E-state index contributed by atoms with van der Waals surface area (Å²) in [4.78, 5) is 0. The lowest BCUT2D eigenvalue weighted by Gasteiger charge is -2.13. The summed E-state index contributed by atoms with van der Waals surface area (Å²) >= 11 is 6.90. The molecular weight excluding hydrogens is 232 g/mol. The number of hydrogen-bond acceptors (Lipinski definition) is 4. The van der Waals surface area contributed by atoms with Crippen molar-refractivity contribution in [1.29, 1.82) is 0 Å². The number of halogens is 1. The van der Waals surface area contributed by atoms with Gasteiger partial charge in [0, 0.05) is 0 Å². The Morgan fingerprint density at radius 2 is 1.93 bits per heavy atom. The number of nitrogens with zero attached hydrogens (tertiary/aromatic N) is 2. The summed E-state index contributed by atoms with van der Waals surface area (Å²) in [6.45, 7) is 0.741. The summed E-state index contributed by atoms with van der Waals surface area (Å²) in [5.74, 6) is 1.18. The number of aromatic nitrogens is 2. The van der Waals surface area contributed by atoms with E-state index in [4.69, 9.17) is 16.3 Å². The molecule has 5 heteroatoms. The van der Waals surface area contributed by atoms with Crippen molar-refractivity contribution in [2.45, 2.75) is 38.5 Å². The Labute approximate surface area is 99.1 Å². The molecule has 1 aromatic heterocycles. The van der Waals surface area contributed by atoms with Gasteiger partial charge in [0.2, 0.25) is 5.15 Å².